The van der Waals surface area contributed by atoms with E-state index in [1.165, 1.54) is 6.07 Å². The van der Waals surface area contributed by atoms with Crippen molar-refractivity contribution in [1.82, 2.24) is 4.72 Å². The molecule has 0 bridgehead atoms. The molecule has 2 rings (SSSR count). The lowest BCUT2D eigenvalue weighted by Crippen LogP contribution is -2.31. The van der Waals surface area contributed by atoms with Gasteiger partial charge in [0.1, 0.15) is 9.23 Å². The van der Waals surface area contributed by atoms with E-state index < -0.39 is 10.0 Å². The minimum absolute atomic E-state index is 0.0303. The number of nitrogens with one attached hydrogen (secondary N) is 1. The lowest BCUT2D eigenvalue weighted by atomic mass is 9.97. The molecule has 4 nitrogen and oxygen atoms in total. The first kappa shape index (κ1) is 15.5. The molecule has 2 unspecified atom stereocenters. The minimum atomic E-state index is -3.63. The normalized spacial score (nSPS) is 23.9. The van der Waals surface area contributed by atoms with E-state index in [1.807, 2.05) is 0 Å². The smallest absolute Gasteiger partial charge is 0.242 e. The van der Waals surface area contributed by atoms with Crippen LogP contribution in [0.25, 0.3) is 0 Å². The molecule has 1 heterocycles. The summed E-state index contributed by atoms with van der Waals surface area (Å²) in [4.78, 5) is 0.0303. The molecule has 1 aliphatic carbocycles. The van der Waals surface area contributed by atoms with Crippen molar-refractivity contribution < 1.29 is 13.5 Å². The molecule has 0 aromatic carbocycles. The zero-order chi connectivity index (χ0) is 14.0. The summed E-state index contributed by atoms with van der Waals surface area (Å²) in [5, 5.41) is 9.22. The molecule has 0 saturated heterocycles. The molecule has 1 fully saturated rings. The number of sulfonamides is 1. The molecule has 2 N–H and O–H groups in total. The largest absolute Gasteiger partial charge is 0.396 e. The highest BCUT2D eigenvalue weighted by Gasteiger charge is 2.29. The van der Waals surface area contributed by atoms with E-state index in [-0.39, 0.29) is 27.7 Å². The van der Waals surface area contributed by atoms with Gasteiger partial charge in [0.2, 0.25) is 10.0 Å². The standard InChI is InChI=1S/C11H15Cl2NO3S2/c12-10-4-9(11(13)18-10)19(16,17)14-5-7-2-1-3-8(7)6-15/h4,7-8,14-15H,1-3,5-6H2. The molecule has 1 saturated carbocycles. The molecule has 1 aromatic heterocycles. The Balaban J connectivity index is 2.04. The molecule has 0 spiro atoms. The summed E-state index contributed by atoms with van der Waals surface area (Å²) in [6, 6.07) is 1.36. The van der Waals surface area contributed by atoms with Crippen molar-refractivity contribution in [2.24, 2.45) is 11.8 Å². The van der Waals surface area contributed by atoms with Crippen LogP contribution < -0.4 is 4.72 Å². The number of rotatable bonds is 5. The summed E-state index contributed by atoms with van der Waals surface area (Å²) in [6.45, 7) is 0.439. The quantitative estimate of drug-likeness (QED) is 0.863. The van der Waals surface area contributed by atoms with Gasteiger partial charge in [-0.3, -0.25) is 0 Å². The summed E-state index contributed by atoms with van der Waals surface area (Å²) in [5.41, 5.74) is 0. The van der Waals surface area contributed by atoms with Crippen molar-refractivity contribution in [3.63, 3.8) is 0 Å². The second-order valence-electron chi connectivity index (χ2n) is 4.67. The topological polar surface area (TPSA) is 66.4 Å². The van der Waals surface area contributed by atoms with Crippen molar-refractivity contribution in [3.05, 3.63) is 14.7 Å². The van der Waals surface area contributed by atoms with Crippen LogP contribution in [-0.2, 0) is 10.0 Å². The Hall–Kier alpha value is 0.150. The van der Waals surface area contributed by atoms with E-state index in [2.05, 4.69) is 4.72 Å². The Morgan fingerprint density at radius 1 is 1.37 bits per heavy atom. The van der Waals surface area contributed by atoms with Crippen molar-refractivity contribution in [2.75, 3.05) is 13.2 Å². The average molecular weight is 344 g/mol. The summed E-state index contributed by atoms with van der Waals surface area (Å²) in [7, 11) is -3.63. The van der Waals surface area contributed by atoms with Gasteiger partial charge >= 0.3 is 0 Å². The van der Waals surface area contributed by atoms with Crippen LogP contribution in [-0.4, -0.2) is 26.7 Å². The van der Waals surface area contributed by atoms with Gasteiger partial charge in [-0.05, 0) is 30.7 Å². The first-order valence-corrected chi connectivity index (χ1v) is 9.05. The summed E-state index contributed by atoms with van der Waals surface area (Å²) in [5.74, 6) is 0.372. The predicted molar refractivity (Wildman–Crippen MR) is 77.4 cm³/mol. The molecule has 2 atom stereocenters. The molecule has 108 valence electrons. The van der Waals surface area contributed by atoms with Gasteiger partial charge in [-0.25, -0.2) is 13.1 Å². The van der Waals surface area contributed by atoms with Gasteiger partial charge in [-0.1, -0.05) is 29.6 Å². The minimum Gasteiger partial charge on any atom is -0.396 e. The monoisotopic (exact) mass is 343 g/mol. The molecule has 1 aliphatic rings. The zero-order valence-corrected chi connectivity index (χ0v) is 13.2. The van der Waals surface area contributed by atoms with Crippen LogP contribution in [0.2, 0.25) is 8.67 Å². The summed E-state index contributed by atoms with van der Waals surface area (Å²) < 4.78 is 27.3. The molecule has 19 heavy (non-hydrogen) atoms. The Morgan fingerprint density at radius 3 is 2.63 bits per heavy atom. The number of hydrogen-bond donors (Lipinski definition) is 2. The first-order chi connectivity index (χ1) is 8.94. The van der Waals surface area contributed by atoms with E-state index in [0.717, 1.165) is 30.6 Å². The fourth-order valence-corrected chi connectivity index (χ4v) is 5.67. The van der Waals surface area contributed by atoms with E-state index >= 15 is 0 Å². The maximum absolute atomic E-state index is 12.1. The highest BCUT2D eigenvalue weighted by atomic mass is 35.5. The highest BCUT2D eigenvalue weighted by Crippen LogP contribution is 2.35. The van der Waals surface area contributed by atoms with Crippen LogP contribution in [0.4, 0.5) is 0 Å². The van der Waals surface area contributed by atoms with E-state index in [4.69, 9.17) is 23.2 Å². The van der Waals surface area contributed by atoms with Crippen LogP contribution in [0.3, 0.4) is 0 Å². The Morgan fingerprint density at radius 2 is 2.05 bits per heavy atom. The first-order valence-electron chi connectivity index (χ1n) is 5.99. The molecule has 0 amide bonds. The fourth-order valence-electron chi connectivity index (χ4n) is 2.43. The highest BCUT2D eigenvalue weighted by molar-refractivity contribution is 7.89. The van der Waals surface area contributed by atoms with Crippen molar-refractivity contribution in [1.29, 1.82) is 0 Å². The van der Waals surface area contributed by atoms with Gasteiger partial charge in [0.15, 0.2) is 0 Å². The van der Waals surface area contributed by atoms with Crippen LogP contribution in [0.5, 0.6) is 0 Å². The number of aliphatic hydroxyl groups excluding tert-OH is 1. The second kappa shape index (κ2) is 6.28. The van der Waals surface area contributed by atoms with Gasteiger partial charge in [0.05, 0.1) is 4.34 Å². The van der Waals surface area contributed by atoms with E-state index in [1.54, 1.807) is 0 Å². The molecule has 0 aliphatic heterocycles. The Bertz CT molecular complexity index is 544. The number of thiophene rings is 1. The van der Waals surface area contributed by atoms with Crippen LogP contribution in [0.1, 0.15) is 19.3 Å². The van der Waals surface area contributed by atoms with Gasteiger partial charge in [-0.2, -0.15) is 0 Å². The molecule has 1 aromatic rings. The van der Waals surface area contributed by atoms with Crippen molar-refractivity contribution in [3.8, 4) is 0 Å². The lowest BCUT2D eigenvalue weighted by Gasteiger charge is -2.17. The maximum Gasteiger partial charge on any atom is 0.242 e. The van der Waals surface area contributed by atoms with Crippen molar-refractivity contribution in [2.45, 2.75) is 24.2 Å². The van der Waals surface area contributed by atoms with Gasteiger partial charge in [0.25, 0.3) is 0 Å². The lowest BCUT2D eigenvalue weighted by molar-refractivity contribution is 0.195. The third kappa shape index (κ3) is 3.62. The molecular weight excluding hydrogens is 329 g/mol. The summed E-state index contributed by atoms with van der Waals surface area (Å²) in [6.07, 6.45) is 2.92. The van der Waals surface area contributed by atoms with Crippen LogP contribution in [0, 0.1) is 11.8 Å². The van der Waals surface area contributed by atoms with E-state index in [9.17, 15) is 13.5 Å². The van der Waals surface area contributed by atoms with Gasteiger partial charge < -0.3 is 5.11 Å². The van der Waals surface area contributed by atoms with Crippen molar-refractivity contribution >= 4 is 44.6 Å². The number of aliphatic hydroxyl groups is 1. The Labute approximate surface area is 126 Å². The van der Waals surface area contributed by atoms with Crippen LogP contribution >= 0.6 is 34.5 Å². The SMILES string of the molecule is O=S(=O)(NCC1CCCC1CO)c1cc(Cl)sc1Cl. The number of hydrogen-bond acceptors (Lipinski definition) is 4. The zero-order valence-electron chi connectivity index (χ0n) is 10.1. The summed E-state index contributed by atoms with van der Waals surface area (Å²) >= 11 is 12.6. The van der Waals surface area contributed by atoms with Gasteiger partial charge in [0, 0.05) is 13.2 Å². The second-order valence-corrected chi connectivity index (χ2v) is 8.69. The average Bonchev–Trinajstić information content (AvgIpc) is 2.93. The Kier molecular flexibility index (Phi) is 5.14. The molecule has 8 heteroatoms. The fraction of sp³-hybridized carbons (Fsp3) is 0.636. The number of halogens is 2. The molecule has 0 radical (unpaired) electrons. The van der Waals surface area contributed by atoms with Gasteiger partial charge in [-0.15, -0.1) is 11.3 Å². The third-order valence-electron chi connectivity index (χ3n) is 3.50. The third-order valence-corrected chi connectivity index (χ3v) is 6.68. The van der Waals surface area contributed by atoms with Crippen LogP contribution in [0.15, 0.2) is 11.0 Å². The predicted octanol–water partition coefficient (Wildman–Crippen LogP) is 2.74. The molecular formula is C11H15Cl2NO3S2. The maximum atomic E-state index is 12.1. The van der Waals surface area contributed by atoms with E-state index in [0.29, 0.717) is 10.9 Å².